The van der Waals surface area contributed by atoms with Crippen LogP contribution in [0.4, 0.5) is 0 Å². The Hall–Kier alpha value is -2.37. The molecule has 57 heavy (non-hydrogen) atoms. The van der Waals surface area contributed by atoms with Gasteiger partial charge in [-0.3, -0.25) is 14.4 Å². The predicted molar refractivity (Wildman–Crippen MR) is 242 cm³/mol. The van der Waals surface area contributed by atoms with Crippen LogP contribution in [0.25, 0.3) is 0 Å². The highest BCUT2D eigenvalue weighted by atomic mass is 16.6. The third-order valence-electron chi connectivity index (χ3n) is 10.6. The van der Waals surface area contributed by atoms with Gasteiger partial charge in [0.05, 0.1) is 0 Å². The Labute approximate surface area is 353 Å². The van der Waals surface area contributed by atoms with Crippen LogP contribution in [0.3, 0.4) is 0 Å². The number of esters is 3. The van der Waals surface area contributed by atoms with Crippen LogP contribution in [-0.2, 0) is 28.6 Å². The van der Waals surface area contributed by atoms with Crippen LogP contribution in [0.15, 0.2) is 36.5 Å². The zero-order valence-electron chi connectivity index (χ0n) is 37.9. The number of hydrogen-bond donors (Lipinski definition) is 0. The maximum absolute atomic E-state index is 12.7. The minimum atomic E-state index is -0.777. The third-order valence-corrected chi connectivity index (χ3v) is 10.6. The van der Waals surface area contributed by atoms with Gasteiger partial charge in [0.15, 0.2) is 6.10 Å². The Morgan fingerprint density at radius 2 is 0.596 bits per heavy atom. The lowest BCUT2D eigenvalue weighted by molar-refractivity contribution is -0.167. The molecular weight excluding hydrogens is 709 g/mol. The summed E-state index contributed by atoms with van der Waals surface area (Å²) in [7, 11) is 0. The number of hydrogen-bond acceptors (Lipinski definition) is 6. The van der Waals surface area contributed by atoms with E-state index in [4.69, 9.17) is 14.2 Å². The summed E-state index contributed by atoms with van der Waals surface area (Å²) in [6, 6.07) is 0. The molecule has 0 bridgehead atoms. The van der Waals surface area contributed by atoms with Gasteiger partial charge >= 0.3 is 17.9 Å². The normalized spacial score (nSPS) is 12.3. The maximum Gasteiger partial charge on any atom is 0.306 e. The summed E-state index contributed by atoms with van der Waals surface area (Å²) in [5.74, 6) is -0.898. The van der Waals surface area contributed by atoms with Crippen molar-refractivity contribution in [2.24, 2.45) is 0 Å². The molecule has 0 saturated heterocycles. The lowest BCUT2D eigenvalue weighted by atomic mass is 10.1. The molecule has 0 radical (unpaired) electrons. The molecule has 0 aliphatic carbocycles. The molecule has 0 heterocycles. The average molecular weight is 801 g/mol. The van der Waals surface area contributed by atoms with E-state index in [-0.39, 0.29) is 31.1 Å². The van der Waals surface area contributed by atoms with Crippen LogP contribution in [0.1, 0.15) is 252 Å². The molecule has 0 fully saturated rings. The van der Waals surface area contributed by atoms with Gasteiger partial charge in [-0.1, -0.05) is 179 Å². The van der Waals surface area contributed by atoms with Crippen molar-refractivity contribution in [3.05, 3.63) is 36.5 Å². The monoisotopic (exact) mass is 801 g/mol. The van der Waals surface area contributed by atoms with Gasteiger partial charge in [0.1, 0.15) is 13.2 Å². The molecule has 0 N–H and O–H groups in total. The number of rotatable bonds is 44. The summed E-state index contributed by atoms with van der Waals surface area (Å²) in [5.41, 5.74) is 0. The Morgan fingerprint density at radius 3 is 0.930 bits per heavy atom. The highest BCUT2D eigenvalue weighted by Crippen LogP contribution is 2.14. The first-order valence-corrected chi connectivity index (χ1v) is 24.5. The van der Waals surface area contributed by atoms with Crippen molar-refractivity contribution in [2.75, 3.05) is 13.2 Å². The van der Waals surface area contributed by atoms with Crippen molar-refractivity contribution < 1.29 is 28.6 Å². The van der Waals surface area contributed by atoms with E-state index in [0.29, 0.717) is 19.3 Å². The first-order valence-electron chi connectivity index (χ1n) is 24.5. The molecule has 0 saturated carbocycles. The van der Waals surface area contributed by atoms with Crippen LogP contribution in [0, 0.1) is 0 Å². The largest absolute Gasteiger partial charge is 0.462 e. The molecular formula is C51H92O6. The smallest absolute Gasteiger partial charge is 0.306 e. The van der Waals surface area contributed by atoms with Crippen LogP contribution >= 0.6 is 0 Å². The summed E-state index contributed by atoms with van der Waals surface area (Å²) in [6.45, 7) is 6.56. The lowest BCUT2D eigenvalue weighted by Gasteiger charge is -2.18. The second kappa shape index (κ2) is 46.3. The van der Waals surface area contributed by atoms with Crippen molar-refractivity contribution in [2.45, 2.75) is 258 Å². The van der Waals surface area contributed by atoms with E-state index in [1.54, 1.807) is 0 Å². The molecule has 332 valence electrons. The van der Waals surface area contributed by atoms with Gasteiger partial charge in [0, 0.05) is 19.3 Å². The Morgan fingerprint density at radius 1 is 0.333 bits per heavy atom. The Bertz CT molecular complexity index is 969. The van der Waals surface area contributed by atoms with Crippen LogP contribution in [0.2, 0.25) is 0 Å². The topological polar surface area (TPSA) is 78.9 Å². The number of carbonyl (C=O) groups is 3. The fourth-order valence-corrected chi connectivity index (χ4v) is 6.82. The molecule has 0 aromatic rings. The molecule has 0 aliphatic heterocycles. The van der Waals surface area contributed by atoms with E-state index in [1.165, 1.54) is 135 Å². The third kappa shape index (κ3) is 44.6. The highest BCUT2D eigenvalue weighted by Gasteiger charge is 2.19. The highest BCUT2D eigenvalue weighted by molar-refractivity contribution is 5.71. The second-order valence-electron chi connectivity index (χ2n) is 16.4. The molecule has 1 atom stereocenters. The van der Waals surface area contributed by atoms with E-state index >= 15 is 0 Å². The standard InChI is InChI=1S/C51H92O6/c1-4-7-10-13-16-19-22-24-25-27-29-32-35-38-41-44-50(53)56-47-48(46-55-49(52)43-40-37-34-31-28-21-18-15-12-9-6-3)57-51(54)45-42-39-36-33-30-26-23-20-17-14-11-8-5-2/h15,18-20,22-23,48H,4-14,16-17,21,24-47H2,1-3H3/b18-15+,22-19+,23-20+/t48-/m1/s1. The summed E-state index contributed by atoms with van der Waals surface area (Å²) in [6.07, 6.45) is 52.6. The Kier molecular flexibility index (Phi) is 44.4. The van der Waals surface area contributed by atoms with Gasteiger partial charge in [-0.2, -0.15) is 0 Å². The molecule has 6 nitrogen and oxygen atoms in total. The second-order valence-corrected chi connectivity index (χ2v) is 16.4. The molecule has 0 aromatic heterocycles. The fourth-order valence-electron chi connectivity index (χ4n) is 6.82. The molecule has 0 amide bonds. The molecule has 0 aliphatic rings. The van der Waals surface area contributed by atoms with Gasteiger partial charge in [0.25, 0.3) is 0 Å². The molecule has 0 rings (SSSR count). The van der Waals surface area contributed by atoms with Crippen LogP contribution in [0.5, 0.6) is 0 Å². The fraction of sp³-hybridized carbons (Fsp3) is 0.824. The maximum atomic E-state index is 12.7. The van der Waals surface area contributed by atoms with Gasteiger partial charge in [-0.05, 0) is 89.9 Å². The summed E-state index contributed by atoms with van der Waals surface area (Å²) >= 11 is 0. The first-order chi connectivity index (χ1) is 28.0. The van der Waals surface area contributed by atoms with Crippen LogP contribution < -0.4 is 0 Å². The van der Waals surface area contributed by atoms with Crippen molar-refractivity contribution in [3.8, 4) is 0 Å². The summed E-state index contributed by atoms with van der Waals surface area (Å²) in [5, 5.41) is 0. The molecule has 0 spiro atoms. The lowest BCUT2D eigenvalue weighted by Crippen LogP contribution is -2.30. The molecule has 0 unspecified atom stereocenters. The summed E-state index contributed by atoms with van der Waals surface area (Å²) < 4.78 is 16.7. The van der Waals surface area contributed by atoms with E-state index in [2.05, 4.69) is 57.2 Å². The quantitative estimate of drug-likeness (QED) is 0.0264. The summed E-state index contributed by atoms with van der Waals surface area (Å²) in [4.78, 5) is 37.8. The van der Waals surface area contributed by atoms with E-state index in [1.807, 2.05) is 0 Å². The van der Waals surface area contributed by atoms with Crippen molar-refractivity contribution >= 4 is 17.9 Å². The average Bonchev–Trinajstić information content (AvgIpc) is 3.21. The Balaban J connectivity index is 4.37. The van der Waals surface area contributed by atoms with Gasteiger partial charge < -0.3 is 14.2 Å². The van der Waals surface area contributed by atoms with Crippen molar-refractivity contribution in [1.29, 1.82) is 0 Å². The van der Waals surface area contributed by atoms with E-state index in [9.17, 15) is 14.4 Å². The molecule has 0 aromatic carbocycles. The van der Waals surface area contributed by atoms with Crippen LogP contribution in [-0.4, -0.2) is 37.2 Å². The van der Waals surface area contributed by atoms with Gasteiger partial charge in [-0.15, -0.1) is 0 Å². The number of unbranched alkanes of at least 4 members (excludes halogenated alkanes) is 27. The zero-order valence-corrected chi connectivity index (χ0v) is 37.9. The number of ether oxygens (including phenoxy) is 3. The molecule has 6 heteroatoms. The van der Waals surface area contributed by atoms with E-state index in [0.717, 1.165) is 77.0 Å². The minimum absolute atomic E-state index is 0.0793. The first kappa shape index (κ1) is 54.6. The zero-order chi connectivity index (χ0) is 41.5. The van der Waals surface area contributed by atoms with Crippen molar-refractivity contribution in [3.63, 3.8) is 0 Å². The van der Waals surface area contributed by atoms with Gasteiger partial charge in [-0.25, -0.2) is 0 Å². The van der Waals surface area contributed by atoms with E-state index < -0.39 is 6.10 Å². The number of allylic oxidation sites excluding steroid dienone is 6. The predicted octanol–water partition coefficient (Wildman–Crippen LogP) is 15.8. The SMILES string of the molecule is CCCC/C=C/CCCCCCCC(=O)OC[C@H](COC(=O)CCCCCCCCC/C=C/CCCCCC)OC(=O)CCCCCCC/C=C/CCCCCC. The van der Waals surface area contributed by atoms with Gasteiger partial charge in [0.2, 0.25) is 0 Å². The minimum Gasteiger partial charge on any atom is -0.462 e. The number of carbonyl (C=O) groups excluding carboxylic acids is 3. The van der Waals surface area contributed by atoms with Crippen molar-refractivity contribution in [1.82, 2.24) is 0 Å².